The second kappa shape index (κ2) is 4.16. The van der Waals surface area contributed by atoms with Crippen molar-refractivity contribution in [1.29, 1.82) is 0 Å². The fourth-order valence-corrected chi connectivity index (χ4v) is 0.966. The van der Waals surface area contributed by atoms with Crippen molar-refractivity contribution in [3.63, 3.8) is 0 Å². The summed E-state index contributed by atoms with van der Waals surface area (Å²) in [6, 6.07) is 3.46. The highest BCUT2D eigenvalue weighted by molar-refractivity contribution is 6.27. The molecule has 0 aliphatic heterocycles. The van der Waals surface area contributed by atoms with Gasteiger partial charge in [-0.05, 0) is 19.1 Å². The van der Waals surface area contributed by atoms with E-state index in [4.69, 9.17) is 16.0 Å². The molecular weight excluding hydrogens is 178 g/mol. The first-order chi connectivity index (χ1) is 5.74. The van der Waals surface area contributed by atoms with Gasteiger partial charge in [-0.1, -0.05) is 0 Å². The molecule has 66 valence electrons. The van der Waals surface area contributed by atoms with Gasteiger partial charge in [-0.15, -0.1) is 11.6 Å². The summed E-state index contributed by atoms with van der Waals surface area (Å²) in [5.74, 6) is 0.513. The number of hydrogen-bond acceptors (Lipinski definition) is 2. The first-order valence-corrected chi connectivity index (χ1v) is 4.16. The van der Waals surface area contributed by atoms with E-state index in [0.717, 1.165) is 5.76 Å². The summed E-state index contributed by atoms with van der Waals surface area (Å²) in [6.45, 7) is 1.84. The number of carbonyl (C=O) groups is 1. The molecule has 0 radical (unpaired) electrons. The van der Waals surface area contributed by atoms with Gasteiger partial charge in [0.2, 0.25) is 5.91 Å². The van der Waals surface area contributed by atoms with Gasteiger partial charge >= 0.3 is 0 Å². The normalized spacial score (nSPS) is 12.5. The van der Waals surface area contributed by atoms with Crippen molar-refractivity contribution in [3.05, 3.63) is 24.2 Å². The standard InChI is InChI=1S/C8H10ClNO2/c1-6(10-8(11)5-9)7-3-2-4-12-7/h2-4,6H,5H2,1H3,(H,10,11). The first-order valence-electron chi connectivity index (χ1n) is 3.62. The molecule has 3 nitrogen and oxygen atoms in total. The van der Waals surface area contributed by atoms with E-state index in [1.54, 1.807) is 18.4 Å². The number of alkyl halides is 1. The summed E-state index contributed by atoms with van der Waals surface area (Å²) in [5.41, 5.74) is 0. The number of furan rings is 1. The van der Waals surface area contributed by atoms with Crippen LogP contribution in [0, 0.1) is 0 Å². The second-order valence-electron chi connectivity index (χ2n) is 2.44. The van der Waals surface area contributed by atoms with Crippen LogP contribution in [0.5, 0.6) is 0 Å². The van der Waals surface area contributed by atoms with Crippen LogP contribution < -0.4 is 5.32 Å². The molecule has 1 amide bonds. The van der Waals surface area contributed by atoms with Gasteiger partial charge < -0.3 is 9.73 Å². The van der Waals surface area contributed by atoms with Gasteiger partial charge in [-0.2, -0.15) is 0 Å². The van der Waals surface area contributed by atoms with E-state index >= 15 is 0 Å². The number of nitrogens with one attached hydrogen (secondary N) is 1. The lowest BCUT2D eigenvalue weighted by Crippen LogP contribution is -2.27. The molecule has 0 saturated carbocycles. The Morgan fingerprint density at radius 2 is 2.58 bits per heavy atom. The van der Waals surface area contributed by atoms with Gasteiger partial charge in [0.05, 0.1) is 12.3 Å². The zero-order valence-electron chi connectivity index (χ0n) is 6.71. The van der Waals surface area contributed by atoms with E-state index in [2.05, 4.69) is 5.32 Å². The van der Waals surface area contributed by atoms with Crippen LogP contribution in [0.3, 0.4) is 0 Å². The van der Waals surface area contributed by atoms with Gasteiger partial charge in [0, 0.05) is 0 Å². The van der Waals surface area contributed by atoms with E-state index in [9.17, 15) is 4.79 Å². The van der Waals surface area contributed by atoms with E-state index in [0.29, 0.717) is 0 Å². The number of carbonyl (C=O) groups excluding carboxylic acids is 1. The maximum atomic E-state index is 10.8. The predicted octanol–water partition coefficient (Wildman–Crippen LogP) is 1.70. The van der Waals surface area contributed by atoms with Crippen molar-refractivity contribution in [2.75, 3.05) is 5.88 Å². The maximum Gasteiger partial charge on any atom is 0.235 e. The van der Waals surface area contributed by atoms with Gasteiger partial charge in [-0.3, -0.25) is 4.79 Å². The molecule has 0 aromatic carbocycles. The lowest BCUT2D eigenvalue weighted by atomic mass is 10.2. The van der Waals surface area contributed by atoms with Crippen LogP contribution in [0.1, 0.15) is 18.7 Å². The molecule has 4 heteroatoms. The number of rotatable bonds is 3. The van der Waals surface area contributed by atoms with Crippen molar-refractivity contribution < 1.29 is 9.21 Å². The molecule has 0 aliphatic rings. The molecule has 0 spiro atoms. The zero-order chi connectivity index (χ0) is 8.97. The average molecular weight is 188 g/mol. The highest BCUT2D eigenvalue weighted by atomic mass is 35.5. The first kappa shape index (κ1) is 9.13. The summed E-state index contributed by atoms with van der Waals surface area (Å²) in [7, 11) is 0. The summed E-state index contributed by atoms with van der Waals surface area (Å²) in [5, 5.41) is 2.67. The maximum absolute atomic E-state index is 10.8. The molecule has 1 heterocycles. The highest BCUT2D eigenvalue weighted by Gasteiger charge is 2.09. The molecule has 1 atom stereocenters. The van der Waals surface area contributed by atoms with Crippen molar-refractivity contribution in [3.8, 4) is 0 Å². The third kappa shape index (κ3) is 2.27. The molecule has 0 aliphatic carbocycles. The lowest BCUT2D eigenvalue weighted by molar-refractivity contribution is -0.119. The third-order valence-electron chi connectivity index (χ3n) is 1.47. The van der Waals surface area contributed by atoms with Crippen LogP contribution in [0.15, 0.2) is 22.8 Å². The Kier molecular flexibility index (Phi) is 3.17. The van der Waals surface area contributed by atoms with Crippen molar-refractivity contribution >= 4 is 17.5 Å². The number of hydrogen-bond donors (Lipinski definition) is 1. The Labute approximate surface area is 75.7 Å². The second-order valence-corrected chi connectivity index (χ2v) is 2.71. The minimum absolute atomic E-state index is 0.0228. The Bertz CT molecular complexity index is 246. The molecule has 0 saturated heterocycles. The fourth-order valence-electron chi connectivity index (χ4n) is 0.889. The molecule has 12 heavy (non-hydrogen) atoms. The molecule has 0 bridgehead atoms. The Hall–Kier alpha value is -0.960. The van der Waals surface area contributed by atoms with Crippen LogP contribution >= 0.6 is 11.6 Å². The van der Waals surface area contributed by atoms with Gasteiger partial charge in [0.1, 0.15) is 11.6 Å². The van der Waals surface area contributed by atoms with E-state index < -0.39 is 0 Å². The predicted molar refractivity (Wildman–Crippen MR) is 46.0 cm³/mol. The van der Waals surface area contributed by atoms with Gasteiger partial charge in [0.25, 0.3) is 0 Å². The quantitative estimate of drug-likeness (QED) is 0.732. The number of amides is 1. The van der Waals surface area contributed by atoms with Crippen molar-refractivity contribution in [2.45, 2.75) is 13.0 Å². The molecular formula is C8H10ClNO2. The Morgan fingerprint density at radius 3 is 3.08 bits per heavy atom. The Morgan fingerprint density at radius 1 is 1.83 bits per heavy atom. The monoisotopic (exact) mass is 187 g/mol. The molecule has 1 N–H and O–H groups in total. The highest BCUT2D eigenvalue weighted by Crippen LogP contribution is 2.11. The van der Waals surface area contributed by atoms with Gasteiger partial charge in [-0.25, -0.2) is 0 Å². The zero-order valence-corrected chi connectivity index (χ0v) is 7.47. The number of halogens is 1. The lowest BCUT2D eigenvalue weighted by Gasteiger charge is -2.08. The van der Waals surface area contributed by atoms with Gasteiger partial charge in [0.15, 0.2) is 0 Å². The van der Waals surface area contributed by atoms with Crippen LogP contribution in [0.4, 0.5) is 0 Å². The van der Waals surface area contributed by atoms with Crippen molar-refractivity contribution in [2.24, 2.45) is 0 Å². The SMILES string of the molecule is CC(NC(=O)CCl)c1ccco1. The van der Waals surface area contributed by atoms with Crippen LogP contribution in [0.2, 0.25) is 0 Å². The molecule has 1 aromatic heterocycles. The van der Waals surface area contributed by atoms with E-state index in [1.807, 2.05) is 6.92 Å². The Balaban J connectivity index is 2.49. The average Bonchev–Trinajstić information content (AvgIpc) is 2.56. The fraction of sp³-hybridized carbons (Fsp3) is 0.375. The summed E-state index contributed by atoms with van der Waals surface area (Å²) in [4.78, 5) is 10.8. The van der Waals surface area contributed by atoms with Crippen LogP contribution in [-0.4, -0.2) is 11.8 Å². The molecule has 1 unspecified atom stereocenters. The van der Waals surface area contributed by atoms with E-state index in [1.165, 1.54) is 0 Å². The largest absolute Gasteiger partial charge is 0.467 e. The summed E-state index contributed by atoms with van der Waals surface area (Å²) < 4.78 is 5.08. The van der Waals surface area contributed by atoms with E-state index in [-0.39, 0.29) is 17.8 Å². The minimum atomic E-state index is -0.194. The third-order valence-corrected chi connectivity index (χ3v) is 1.71. The smallest absolute Gasteiger partial charge is 0.235 e. The topological polar surface area (TPSA) is 42.2 Å². The minimum Gasteiger partial charge on any atom is -0.467 e. The molecule has 1 rings (SSSR count). The van der Waals surface area contributed by atoms with Crippen LogP contribution in [0.25, 0.3) is 0 Å². The van der Waals surface area contributed by atoms with Crippen molar-refractivity contribution in [1.82, 2.24) is 5.32 Å². The molecule has 1 aromatic rings. The summed E-state index contributed by atoms with van der Waals surface area (Å²) >= 11 is 5.31. The summed E-state index contributed by atoms with van der Waals surface area (Å²) in [6.07, 6.45) is 1.57. The molecule has 0 fully saturated rings. The van der Waals surface area contributed by atoms with Crippen LogP contribution in [-0.2, 0) is 4.79 Å².